The van der Waals surface area contributed by atoms with Gasteiger partial charge >= 0.3 is 0 Å². The molecule has 2 aliphatic rings. The summed E-state index contributed by atoms with van der Waals surface area (Å²) < 4.78 is 1.84. The van der Waals surface area contributed by atoms with Crippen LogP contribution < -0.4 is 5.32 Å². The predicted molar refractivity (Wildman–Crippen MR) is 111 cm³/mol. The number of benzene rings is 1. The fourth-order valence-corrected chi connectivity index (χ4v) is 5.08. The Kier molecular flexibility index (Phi) is 4.16. The molecule has 1 aliphatic heterocycles. The molecule has 0 amide bonds. The number of aromatic nitrogens is 3. The molecule has 0 radical (unpaired) electrons. The SMILES string of the molecule is CC(C)c1ccc(C2C3=C(CC(c4cccs4)CC3=O)Nc3ncnn32)cc1. The molecule has 0 bridgehead atoms. The number of fused-ring (bicyclic) bond motifs is 1. The van der Waals surface area contributed by atoms with Crippen molar-refractivity contribution in [1.29, 1.82) is 0 Å². The van der Waals surface area contributed by atoms with Crippen molar-refractivity contribution in [2.45, 2.75) is 44.6 Å². The van der Waals surface area contributed by atoms with Gasteiger partial charge in [0.1, 0.15) is 12.4 Å². The van der Waals surface area contributed by atoms with E-state index in [9.17, 15) is 4.79 Å². The molecule has 5 rings (SSSR count). The molecule has 0 saturated heterocycles. The number of carbonyl (C=O) groups is 1. The molecule has 1 N–H and O–H groups in total. The molecule has 2 atom stereocenters. The summed E-state index contributed by atoms with van der Waals surface area (Å²) in [5.41, 5.74) is 4.20. The first-order chi connectivity index (χ1) is 13.6. The highest BCUT2D eigenvalue weighted by atomic mass is 32.1. The van der Waals surface area contributed by atoms with Crippen LogP contribution in [0.3, 0.4) is 0 Å². The van der Waals surface area contributed by atoms with E-state index in [2.05, 4.69) is 71.0 Å². The smallest absolute Gasteiger partial charge is 0.226 e. The number of nitrogens with zero attached hydrogens (tertiary/aromatic N) is 3. The maximum Gasteiger partial charge on any atom is 0.226 e. The molecular formula is C22H22N4OS. The second kappa shape index (κ2) is 6.71. The third-order valence-electron chi connectivity index (χ3n) is 5.73. The van der Waals surface area contributed by atoms with E-state index >= 15 is 0 Å². The minimum atomic E-state index is -0.216. The third kappa shape index (κ3) is 2.79. The van der Waals surface area contributed by atoms with Gasteiger partial charge in [-0.2, -0.15) is 10.1 Å². The standard InChI is InChI=1S/C22H22N4OS/c1-13(2)14-5-7-15(8-6-14)21-20-17(25-22-23-12-24-26(21)22)10-16(11-18(20)27)19-4-3-9-28-19/h3-9,12-13,16,21H,10-11H2,1-2H3,(H,23,24,25). The summed E-state index contributed by atoms with van der Waals surface area (Å²) in [4.78, 5) is 18.9. The highest BCUT2D eigenvalue weighted by Crippen LogP contribution is 2.44. The van der Waals surface area contributed by atoms with Gasteiger partial charge in [-0.15, -0.1) is 11.3 Å². The highest BCUT2D eigenvalue weighted by molar-refractivity contribution is 7.10. The van der Waals surface area contributed by atoms with E-state index in [1.165, 1.54) is 10.4 Å². The number of rotatable bonds is 3. The Bertz CT molecular complexity index is 1050. The van der Waals surface area contributed by atoms with Crippen LogP contribution in [0.5, 0.6) is 0 Å². The number of nitrogens with one attached hydrogen (secondary N) is 1. The van der Waals surface area contributed by atoms with Crippen molar-refractivity contribution in [3.05, 3.63) is 75.4 Å². The van der Waals surface area contributed by atoms with Gasteiger partial charge in [0.25, 0.3) is 0 Å². The summed E-state index contributed by atoms with van der Waals surface area (Å²) in [5.74, 6) is 1.61. The highest BCUT2D eigenvalue weighted by Gasteiger charge is 2.39. The van der Waals surface area contributed by atoms with Crippen molar-refractivity contribution in [3.8, 4) is 0 Å². The zero-order valence-electron chi connectivity index (χ0n) is 15.9. The van der Waals surface area contributed by atoms with E-state index < -0.39 is 0 Å². The van der Waals surface area contributed by atoms with E-state index in [0.29, 0.717) is 18.3 Å². The quantitative estimate of drug-likeness (QED) is 0.692. The average Bonchev–Trinajstić information content (AvgIpc) is 3.38. The molecule has 1 aliphatic carbocycles. The van der Waals surface area contributed by atoms with Crippen LogP contribution in [0.4, 0.5) is 5.95 Å². The Labute approximate surface area is 168 Å². The van der Waals surface area contributed by atoms with Gasteiger partial charge in [-0.3, -0.25) is 4.79 Å². The number of Topliss-reactive ketones (excluding diaryl/α,β-unsaturated/α-hetero) is 1. The van der Waals surface area contributed by atoms with Crippen molar-refractivity contribution in [3.63, 3.8) is 0 Å². The number of hydrogen-bond acceptors (Lipinski definition) is 5. The second-order valence-corrected chi connectivity index (χ2v) is 8.79. The van der Waals surface area contributed by atoms with Crippen LogP contribution in [-0.2, 0) is 4.79 Å². The minimum absolute atomic E-state index is 0.200. The van der Waals surface area contributed by atoms with Gasteiger partial charge in [-0.1, -0.05) is 44.2 Å². The Hall–Kier alpha value is -2.73. The van der Waals surface area contributed by atoms with Gasteiger partial charge < -0.3 is 5.32 Å². The molecule has 0 saturated carbocycles. The largest absolute Gasteiger partial charge is 0.328 e. The lowest BCUT2D eigenvalue weighted by Crippen LogP contribution is -2.33. The third-order valence-corrected chi connectivity index (χ3v) is 6.76. The van der Waals surface area contributed by atoms with Crippen molar-refractivity contribution in [1.82, 2.24) is 14.8 Å². The van der Waals surface area contributed by atoms with Crippen LogP contribution in [-0.4, -0.2) is 20.5 Å². The summed E-state index contributed by atoms with van der Waals surface area (Å²) in [5, 5.41) is 9.89. The zero-order valence-corrected chi connectivity index (χ0v) is 16.7. The maximum absolute atomic E-state index is 13.3. The Morgan fingerprint density at radius 1 is 1.18 bits per heavy atom. The lowest BCUT2D eigenvalue weighted by atomic mass is 9.80. The first-order valence-corrected chi connectivity index (χ1v) is 10.6. The summed E-state index contributed by atoms with van der Waals surface area (Å²) in [6, 6.07) is 12.5. The van der Waals surface area contributed by atoms with E-state index in [-0.39, 0.29) is 17.7 Å². The van der Waals surface area contributed by atoms with E-state index in [0.717, 1.165) is 23.3 Å². The van der Waals surface area contributed by atoms with Crippen LogP contribution in [0.2, 0.25) is 0 Å². The van der Waals surface area contributed by atoms with Crippen LogP contribution in [0.25, 0.3) is 0 Å². The molecule has 0 spiro atoms. The Morgan fingerprint density at radius 3 is 2.71 bits per heavy atom. The fraction of sp³-hybridized carbons (Fsp3) is 0.318. The van der Waals surface area contributed by atoms with Gasteiger partial charge in [0.15, 0.2) is 5.78 Å². The molecule has 28 heavy (non-hydrogen) atoms. The molecule has 1 aromatic carbocycles. The molecule has 3 heterocycles. The predicted octanol–water partition coefficient (Wildman–Crippen LogP) is 4.88. The number of carbonyl (C=O) groups excluding carboxylic acids is 1. The van der Waals surface area contributed by atoms with E-state index in [1.807, 2.05) is 4.68 Å². The lowest BCUT2D eigenvalue weighted by Gasteiger charge is -2.34. The van der Waals surface area contributed by atoms with E-state index in [4.69, 9.17) is 0 Å². The van der Waals surface area contributed by atoms with Gasteiger partial charge in [0, 0.05) is 28.5 Å². The van der Waals surface area contributed by atoms with Crippen LogP contribution in [0, 0.1) is 0 Å². The number of thiophene rings is 1. The molecule has 2 aromatic heterocycles. The molecule has 6 heteroatoms. The van der Waals surface area contributed by atoms with Crippen LogP contribution in [0.1, 0.15) is 60.6 Å². The first-order valence-electron chi connectivity index (χ1n) is 9.68. The Morgan fingerprint density at radius 2 is 2.00 bits per heavy atom. The zero-order chi connectivity index (χ0) is 19.3. The van der Waals surface area contributed by atoms with Crippen molar-refractivity contribution in [2.75, 3.05) is 5.32 Å². The van der Waals surface area contributed by atoms with Crippen LogP contribution in [0.15, 0.2) is 59.4 Å². The molecule has 5 nitrogen and oxygen atoms in total. The summed E-state index contributed by atoms with van der Waals surface area (Å²) in [6.07, 6.45) is 2.93. The topological polar surface area (TPSA) is 59.8 Å². The minimum Gasteiger partial charge on any atom is -0.328 e. The molecule has 0 fully saturated rings. The maximum atomic E-state index is 13.3. The van der Waals surface area contributed by atoms with Gasteiger partial charge in [0.2, 0.25) is 5.95 Å². The van der Waals surface area contributed by atoms with Gasteiger partial charge in [0.05, 0.1) is 0 Å². The van der Waals surface area contributed by atoms with Gasteiger partial charge in [-0.05, 0) is 34.9 Å². The Balaban J connectivity index is 1.58. The monoisotopic (exact) mass is 390 g/mol. The molecule has 3 aromatic rings. The number of anilines is 1. The molecule has 142 valence electrons. The summed E-state index contributed by atoms with van der Waals surface area (Å²) in [7, 11) is 0. The number of hydrogen-bond donors (Lipinski definition) is 1. The second-order valence-electron chi connectivity index (χ2n) is 7.81. The van der Waals surface area contributed by atoms with Crippen LogP contribution >= 0.6 is 11.3 Å². The normalized spacial score (nSPS) is 21.5. The summed E-state index contributed by atoms with van der Waals surface area (Å²) in [6.45, 7) is 4.37. The number of ketones is 1. The van der Waals surface area contributed by atoms with Crippen molar-refractivity contribution < 1.29 is 4.79 Å². The fourth-order valence-electron chi connectivity index (χ4n) is 4.25. The van der Waals surface area contributed by atoms with Gasteiger partial charge in [-0.25, -0.2) is 4.68 Å². The number of allylic oxidation sites excluding steroid dienone is 2. The average molecular weight is 391 g/mol. The molecular weight excluding hydrogens is 368 g/mol. The lowest BCUT2D eigenvalue weighted by molar-refractivity contribution is -0.116. The molecule has 2 unspecified atom stereocenters. The van der Waals surface area contributed by atoms with Crippen molar-refractivity contribution >= 4 is 23.1 Å². The summed E-state index contributed by atoms with van der Waals surface area (Å²) >= 11 is 1.72. The first kappa shape index (κ1) is 17.4. The van der Waals surface area contributed by atoms with Crippen molar-refractivity contribution in [2.24, 2.45) is 0 Å². The van der Waals surface area contributed by atoms with E-state index in [1.54, 1.807) is 17.7 Å².